The van der Waals surface area contributed by atoms with E-state index in [0.29, 0.717) is 5.92 Å². The van der Waals surface area contributed by atoms with Crippen LogP contribution < -0.4 is 5.32 Å². The molecule has 0 aliphatic carbocycles. The van der Waals surface area contributed by atoms with Gasteiger partial charge in [0, 0.05) is 18.2 Å². The zero-order valence-corrected chi connectivity index (χ0v) is 9.67. The van der Waals surface area contributed by atoms with Crippen LogP contribution in [0.15, 0.2) is 18.2 Å². The van der Waals surface area contributed by atoms with Crippen molar-refractivity contribution in [2.75, 3.05) is 11.9 Å². The van der Waals surface area contributed by atoms with Crippen molar-refractivity contribution < 1.29 is 5.11 Å². The Morgan fingerprint density at radius 3 is 2.87 bits per heavy atom. The highest BCUT2D eigenvalue weighted by molar-refractivity contribution is 5.58. The topological polar surface area (TPSA) is 32.3 Å². The van der Waals surface area contributed by atoms with Crippen molar-refractivity contribution in [1.29, 1.82) is 0 Å². The molecule has 82 valence electrons. The van der Waals surface area contributed by atoms with Crippen LogP contribution in [0.5, 0.6) is 0 Å². The Hall–Kier alpha value is -1.02. The maximum Gasteiger partial charge on any atom is 0.0598 e. The van der Waals surface area contributed by atoms with Gasteiger partial charge in [-0.3, -0.25) is 0 Å². The van der Waals surface area contributed by atoms with E-state index < -0.39 is 5.60 Å². The molecule has 0 bridgehead atoms. The highest BCUT2D eigenvalue weighted by Crippen LogP contribution is 2.36. The maximum absolute atomic E-state index is 9.85. The summed E-state index contributed by atoms with van der Waals surface area (Å²) in [5.74, 6) is 0.444. The summed E-state index contributed by atoms with van der Waals surface area (Å²) in [6.07, 6.45) is 0.816. The minimum Gasteiger partial charge on any atom is -0.390 e. The van der Waals surface area contributed by atoms with E-state index in [0.717, 1.165) is 13.0 Å². The van der Waals surface area contributed by atoms with Crippen molar-refractivity contribution in [2.45, 2.75) is 38.7 Å². The summed E-state index contributed by atoms with van der Waals surface area (Å²) in [6, 6.07) is 6.49. The lowest BCUT2D eigenvalue weighted by atomic mass is 9.89. The summed E-state index contributed by atoms with van der Waals surface area (Å²) in [5.41, 5.74) is 3.29. The van der Waals surface area contributed by atoms with Crippen LogP contribution in [0.1, 0.15) is 37.3 Å². The molecular formula is C13H19NO. The second-order valence-electron chi connectivity index (χ2n) is 5.19. The van der Waals surface area contributed by atoms with Crippen molar-refractivity contribution in [3.8, 4) is 0 Å². The first-order chi connectivity index (χ1) is 6.96. The van der Waals surface area contributed by atoms with E-state index in [-0.39, 0.29) is 0 Å². The fourth-order valence-corrected chi connectivity index (χ4v) is 2.31. The van der Waals surface area contributed by atoms with Gasteiger partial charge in [-0.25, -0.2) is 0 Å². The largest absolute Gasteiger partial charge is 0.390 e. The second-order valence-corrected chi connectivity index (χ2v) is 5.19. The maximum atomic E-state index is 9.85. The van der Waals surface area contributed by atoms with Crippen LogP contribution in [0.2, 0.25) is 0 Å². The molecule has 1 aromatic carbocycles. The molecule has 0 spiro atoms. The number of benzene rings is 1. The summed E-state index contributed by atoms with van der Waals surface area (Å²) < 4.78 is 0. The van der Waals surface area contributed by atoms with Gasteiger partial charge in [-0.1, -0.05) is 17.7 Å². The molecule has 0 saturated heterocycles. The summed E-state index contributed by atoms with van der Waals surface area (Å²) in [5, 5.41) is 13.2. The highest BCUT2D eigenvalue weighted by Gasteiger charge is 2.27. The molecule has 15 heavy (non-hydrogen) atoms. The Bertz CT molecular complexity index is 365. The van der Waals surface area contributed by atoms with Gasteiger partial charge in [0.2, 0.25) is 0 Å². The number of hydrogen-bond acceptors (Lipinski definition) is 2. The number of rotatable bonds is 2. The number of fused-ring (bicyclic) bond motifs is 1. The van der Waals surface area contributed by atoms with E-state index in [4.69, 9.17) is 0 Å². The van der Waals surface area contributed by atoms with E-state index in [1.807, 2.05) is 13.8 Å². The van der Waals surface area contributed by atoms with Crippen molar-refractivity contribution >= 4 is 5.69 Å². The van der Waals surface area contributed by atoms with Crippen LogP contribution >= 0.6 is 0 Å². The van der Waals surface area contributed by atoms with Crippen LogP contribution in [0.25, 0.3) is 0 Å². The van der Waals surface area contributed by atoms with Crippen molar-refractivity contribution in [2.24, 2.45) is 0 Å². The zero-order valence-electron chi connectivity index (χ0n) is 9.67. The second kappa shape index (κ2) is 3.53. The van der Waals surface area contributed by atoms with Gasteiger partial charge >= 0.3 is 0 Å². The predicted molar refractivity (Wildman–Crippen MR) is 63.3 cm³/mol. The van der Waals surface area contributed by atoms with Gasteiger partial charge in [-0.15, -0.1) is 0 Å². The molecule has 1 aliphatic rings. The van der Waals surface area contributed by atoms with Crippen LogP contribution in [0.3, 0.4) is 0 Å². The Morgan fingerprint density at radius 1 is 1.47 bits per heavy atom. The molecule has 0 radical (unpaired) electrons. The third kappa shape index (κ3) is 2.32. The molecule has 0 fully saturated rings. The van der Waals surface area contributed by atoms with Crippen LogP contribution in [0.4, 0.5) is 5.69 Å². The van der Waals surface area contributed by atoms with Crippen LogP contribution in [-0.4, -0.2) is 17.3 Å². The van der Waals surface area contributed by atoms with Crippen molar-refractivity contribution in [3.05, 3.63) is 29.3 Å². The zero-order chi connectivity index (χ0) is 11.1. The summed E-state index contributed by atoms with van der Waals surface area (Å²) in [4.78, 5) is 0. The molecule has 1 unspecified atom stereocenters. The molecule has 1 heterocycles. The number of hydrogen-bond donors (Lipinski definition) is 2. The first-order valence-electron chi connectivity index (χ1n) is 5.52. The van der Waals surface area contributed by atoms with Crippen LogP contribution in [0, 0.1) is 6.92 Å². The normalized spacial score (nSPS) is 19.9. The molecule has 1 atom stereocenters. The van der Waals surface area contributed by atoms with Gasteiger partial charge in [0.1, 0.15) is 0 Å². The van der Waals surface area contributed by atoms with E-state index in [1.165, 1.54) is 16.8 Å². The number of aryl methyl sites for hydroxylation is 1. The molecule has 0 amide bonds. The summed E-state index contributed by atoms with van der Waals surface area (Å²) >= 11 is 0. The average Bonchev–Trinajstić information content (AvgIpc) is 2.46. The monoisotopic (exact) mass is 205 g/mol. The smallest absolute Gasteiger partial charge is 0.0598 e. The number of nitrogens with one attached hydrogen (secondary N) is 1. The average molecular weight is 205 g/mol. The molecule has 2 heteroatoms. The summed E-state index contributed by atoms with van der Waals surface area (Å²) in [7, 11) is 0. The fourth-order valence-electron chi connectivity index (χ4n) is 2.31. The van der Waals surface area contributed by atoms with Crippen molar-refractivity contribution in [3.63, 3.8) is 0 Å². The molecule has 2 nitrogen and oxygen atoms in total. The minimum atomic E-state index is -0.586. The summed E-state index contributed by atoms with van der Waals surface area (Å²) in [6.45, 7) is 6.81. The van der Waals surface area contributed by atoms with Crippen molar-refractivity contribution in [1.82, 2.24) is 0 Å². The van der Waals surface area contributed by atoms with Gasteiger partial charge in [-0.2, -0.15) is 0 Å². The molecule has 0 aromatic heterocycles. The van der Waals surface area contributed by atoms with Gasteiger partial charge < -0.3 is 10.4 Å². The fraction of sp³-hybridized carbons (Fsp3) is 0.538. The van der Waals surface area contributed by atoms with E-state index in [1.54, 1.807) is 0 Å². The van der Waals surface area contributed by atoms with Gasteiger partial charge in [-0.05, 0) is 38.8 Å². The lowest BCUT2D eigenvalue weighted by molar-refractivity contribution is 0.0648. The Balaban J connectivity index is 2.24. The minimum absolute atomic E-state index is 0.444. The quantitative estimate of drug-likeness (QED) is 0.778. The Kier molecular flexibility index (Phi) is 2.47. The lowest BCUT2D eigenvalue weighted by Crippen LogP contribution is -2.23. The molecular weight excluding hydrogens is 186 g/mol. The third-order valence-electron chi connectivity index (χ3n) is 2.93. The number of anilines is 1. The molecule has 0 saturated carbocycles. The van der Waals surface area contributed by atoms with Gasteiger partial charge in [0.15, 0.2) is 0 Å². The van der Waals surface area contributed by atoms with Gasteiger partial charge in [0.25, 0.3) is 0 Å². The first-order valence-corrected chi connectivity index (χ1v) is 5.52. The Labute approximate surface area is 91.3 Å². The SMILES string of the molecule is Cc1ccc2c(c1)C(CC(C)(C)O)CN2. The third-order valence-corrected chi connectivity index (χ3v) is 2.93. The van der Waals surface area contributed by atoms with E-state index >= 15 is 0 Å². The van der Waals surface area contributed by atoms with E-state index in [9.17, 15) is 5.11 Å². The van der Waals surface area contributed by atoms with Crippen LogP contribution in [-0.2, 0) is 0 Å². The molecule has 2 N–H and O–H groups in total. The molecule has 1 aliphatic heterocycles. The van der Waals surface area contributed by atoms with E-state index in [2.05, 4.69) is 30.4 Å². The highest BCUT2D eigenvalue weighted by atomic mass is 16.3. The first kappa shape index (κ1) is 10.5. The standard InChI is InChI=1S/C13H19NO/c1-9-4-5-12-11(6-9)10(8-14-12)7-13(2,3)15/h4-6,10,14-15H,7-8H2,1-3H3. The Morgan fingerprint density at radius 2 is 2.20 bits per heavy atom. The molecule has 1 aromatic rings. The predicted octanol–water partition coefficient (Wildman–Crippen LogP) is 2.67. The van der Waals surface area contributed by atoms with Gasteiger partial charge in [0.05, 0.1) is 5.60 Å². The number of aliphatic hydroxyl groups is 1. The molecule has 2 rings (SSSR count). The lowest BCUT2D eigenvalue weighted by Gasteiger charge is -2.21.